The van der Waals surface area contributed by atoms with Crippen molar-refractivity contribution in [1.29, 1.82) is 0 Å². The average Bonchev–Trinajstić information content (AvgIpc) is 2.49. The van der Waals surface area contributed by atoms with Gasteiger partial charge in [0.25, 0.3) is 0 Å². The van der Waals surface area contributed by atoms with Gasteiger partial charge in [-0.1, -0.05) is 48.9 Å². The second-order valence-electron chi connectivity index (χ2n) is 6.48. The van der Waals surface area contributed by atoms with Crippen molar-refractivity contribution in [1.82, 2.24) is 5.32 Å². The lowest BCUT2D eigenvalue weighted by Gasteiger charge is -2.20. The fourth-order valence-corrected chi connectivity index (χ4v) is 2.96. The minimum atomic E-state index is 0.0784. The fraction of sp³-hybridized carbons (Fsp3) is 0.381. The molecular weight excluding hydrogens is 282 g/mol. The minimum Gasteiger partial charge on any atom is -0.349 e. The Kier molecular flexibility index (Phi) is 5.59. The van der Waals surface area contributed by atoms with E-state index in [1.165, 1.54) is 27.8 Å². The Balaban J connectivity index is 2.08. The zero-order valence-corrected chi connectivity index (χ0v) is 14.9. The van der Waals surface area contributed by atoms with Crippen LogP contribution in [-0.2, 0) is 11.2 Å². The molecule has 0 fully saturated rings. The molecule has 0 bridgehead atoms. The summed E-state index contributed by atoms with van der Waals surface area (Å²) in [6.45, 7) is 10.5. The first-order valence-electron chi connectivity index (χ1n) is 8.33. The van der Waals surface area contributed by atoms with Crippen molar-refractivity contribution in [3.05, 3.63) is 69.8 Å². The molecule has 2 rings (SSSR count). The molecule has 1 N–H and O–H groups in total. The van der Waals surface area contributed by atoms with Gasteiger partial charge in [-0.05, 0) is 61.9 Å². The van der Waals surface area contributed by atoms with Crippen LogP contribution in [0.15, 0.2) is 36.4 Å². The zero-order valence-electron chi connectivity index (χ0n) is 14.9. The van der Waals surface area contributed by atoms with E-state index in [-0.39, 0.29) is 11.9 Å². The van der Waals surface area contributed by atoms with E-state index < -0.39 is 0 Å². The summed E-state index contributed by atoms with van der Waals surface area (Å²) in [5.74, 6) is 0.0834. The Hall–Kier alpha value is -2.09. The number of benzene rings is 2. The molecule has 23 heavy (non-hydrogen) atoms. The van der Waals surface area contributed by atoms with Crippen molar-refractivity contribution in [3.63, 3.8) is 0 Å². The molecule has 0 aliphatic rings. The van der Waals surface area contributed by atoms with Crippen molar-refractivity contribution in [3.8, 4) is 0 Å². The molecule has 2 aromatic rings. The van der Waals surface area contributed by atoms with Gasteiger partial charge < -0.3 is 5.32 Å². The van der Waals surface area contributed by atoms with Gasteiger partial charge in [-0.2, -0.15) is 0 Å². The largest absolute Gasteiger partial charge is 0.349 e. The summed E-state index contributed by atoms with van der Waals surface area (Å²) in [4.78, 5) is 12.4. The molecule has 2 heteroatoms. The Morgan fingerprint density at radius 2 is 1.70 bits per heavy atom. The van der Waals surface area contributed by atoms with Gasteiger partial charge in [-0.25, -0.2) is 0 Å². The molecule has 0 saturated carbocycles. The van der Waals surface area contributed by atoms with Gasteiger partial charge >= 0.3 is 0 Å². The summed E-state index contributed by atoms with van der Waals surface area (Å²) in [6.07, 6.45) is 1.32. The number of amides is 1. The Morgan fingerprint density at radius 3 is 2.30 bits per heavy atom. The smallest absolute Gasteiger partial charge is 0.224 e. The standard InChI is InChI=1S/C21H27NO/c1-6-20(19-10-7-14(2)11-17(19)5)22-21(23)13-18-9-8-15(3)16(4)12-18/h7-12,20H,6,13H2,1-5H3,(H,22,23)/t20-/m1/s1. The third-order valence-corrected chi connectivity index (χ3v) is 4.48. The van der Waals surface area contributed by atoms with Gasteiger partial charge in [0.2, 0.25) is 5.91 Å². The van der Waals surface area contributed by atoms with Crippen LogP contribution in [0.3, 0.4) is 0 Å². The fourth-order valence-electron chi connectivity index (χ4n) is 2.96. The maximum atomic E-state index is 12.4. The third kappa shape index (κ3) is 4.44. The predicted molar refractivity (Wildman–Crippen MR) is 96.7 cm³/mol. The molecule has 0 spiro atoms. The van der Waals surface area contributed by atoms with Crippen LogP contribution in [0.1, 0.15) is 52.8 Å². The minimum absolute atomic E-state index is 0.0784. The van der Waals surface area contributed by atoms with Crippen LogP contribution < -0.4 is 5.32 Å². The summed E-state index contributed by atoms with van der Waals surface area (Å²) >= 11 is 0. The first-order chi connectivity index (χ1) is 10.9. The summed E-state index contributed by atoms with van der Waals surface area (Å²) < 4.78 is 0. The molecule has 0 saturated heterocycles. The van der Waals surface area contributed by atoms with E-state index in [1.54, 1.807) is 0 Å². The van der Waals surface area contributed by atoms with Crippen molar-refractivity contribution >= 4 is 5.91 Å². The van der Waals surface area contributed by atoms with Gasteiger partial charge in [-0.15, -0.1) is 0 Å². The molecular formula is C21H27NO. The molecule has 0 radical (unpaired) electrons. The van der Waals surface area contributed by atoms with E-state index in [4.69, 9.17) is 0 Å². The molecule has 1 atom stereocenters. The normalized spacial score (nSPS) is 12.0. The summed E-state index contributed by atoms with van der Waals surface area (Å²) in [5, 5.41) is 3.19. The molecule has 0 unspecified atom stereocenters. The van der Waals surface area contributed by atoms with Gasteiger partial charge in [0.05, 0.1) is 12.5 Å². The molecule has 0 heterocycles. The van der Waals surface area contributed by atoms with Gasteiger partial charge in [-0.3, -0.25) is 4.79 Å². The summed E-state index contributed by atoms with van der Waals surface area (Å²) in [5.41, 5.74) is 7.27. The van der Waals surface area contributed by atoms with Gasteiger partial charge in [0, 0.05) is 0 Å². The highest BCUT2D eigenvalue weighted by Crippen LogP contribution is 2.22. The van der Waals surface area contributed by atoms with E-state index >= 15 is 0 Å². The Morgan fingerprint density at radius 1 is 0.957 bits per heavy atom. The first kappa shape index (κ1) is 17.3. The van der Waals surface area contributed by atoms with Crippen molar-refractivity contribution in [2.45, 2.75) is 53.5 Å². The number of aryl methyl sites for hydroxylation is 4. The van der Waals surface area contributed by atoms with Gasteiger partial charge in [0.15, 0.2) is 0 Å². The lowest BCUT2D eigenvalue weighted by molar-refractivity contribution is -0.121. The molecule has 2 nitrogen and oxygen atoms in total. The van der Waals surface area contributed by atoms with Crippen LogP contribution in [0, 0.1) is 27.7 Å². The summed E-state index contributed by atoms with van der Waals surface area (Å²) in [7, 11) is 0. The van der Waals surface area contributed by atoms with E-state index in [1.807, 2.05) is 6.07 Å². The van der Waals surface area contributed by atoms with E-state index in [9.17, 15) is 4.79 Å². The van der Waals surface area contributed by atoms with Crippen LogP contribution in [0.4, 0.5) is 0 Å². The Labute approximate surface area is 139 Å². The quantitative estimate of drug-likeness (QED) is 0.850. The maximum absolute atomic E-state index is 12.4. The number of hydrogen-bond donors (Lipinski definition) is 1. The lowest BCUT2D eigenvalue weighted by atomic mass is 9.97. The predicted octanol–water partition coefficient (Wildman–Crippen LogP) is 4.73. The van der Waals surface area contributed by atoms with Crippen LogP contribution in [0.25, 0.3) is 0 Å². The second-order valence-corrected chi connectivity index (χ2v) is 6.48. The van der Waals surface area contributed by atoms with Gasteiger partial charge in [0.1, 0.15) is 0 Å². The molecule has 122 valence electrons. The third-order valence-electron chi connectivity index (χ3n) is 4.48. The van der Waals surface area contributed by atoms with E-state index in [0.717, 1.165) is 12.0 Å². The molecule has 0 aliphatic heterocycles. The number of hydrogen-bond acceptors (Lipinski definition) is 1. The molecule has 1 amide bonds. The number of carbonyl (C=O) groups is 1. The van der Waals surface area contributed by atoms with Crippen molar-refractivity contribution in [2.24, 2.45) is 0 Å². The number of carbonyl (C=O) groups excluding carboxylic acids is 1. The second kappa shape index (κ2) is 7.45. The maximum Gasteiger partial charge on any atom is 0.224 e. The topological polar surface area (TPSA) is 29.1 Å². The first-order valence-corrected chi connectivity index (χ1v) is 8.33. The van der Waals surface area contributed by atoms with Crippen LogP contribution in [0.5, 0.6) is 0 Å². The van der Waals surface area contributed by atoms with Crippen molar-refractivity contribution < 1.29 is 4.79 Å². The van der Waals surface area contributed by atoms with Crippen LogP contribution in [0.2, 0.25) is 0 Å². The number of rotatable bonds is 5. The zero-order chi connectivity index (χ0) is 17.0. The highest BCUT2D eigenvalue weighted by molar-refractivity contribution is 5.79. The van der Waals surface area contributed by atoms with E-state index in [2.05, 4.69) is 70.3 Å². The number of nitrogens with one attached hydrogen (secondary N) is 1. The molecule has 0 aromatic heterocycles. The summed E-state index contributed by atoms with van der Waals surface area (Å²) in [6, 6.07) is 12.7. The van der Waals surface area contributed by atoms with Crippen LogP contribution >= 0.6 is 0 Å². The van der Waals surface area contributed by atoms with Crippen LogP contribution in [-0.4, -0.2) is 5.91 Å². The van der Waals surface area contributed by atoms with Crippen molar-refractivity contribution in [2.75, 3.05) is 0 Å². The SMILES string of the molecule is CC[C@@H](NC(=O)Cc1ccc(C)c(C)c1)c1ccc(C)cc1C. The van der Waals surface area contributed by atoms with E-state index in [0.29, 0.717) is 6.42 Å². The molecule has 0 aliphatic carbocycles. The molecule has 2 aromatic carbocycles. The highest BCUT2D eigenvalue weighted by Gasteiger charge is 2.15. The Bertz CT molecular complexity index is 703. The average molecular weight is 309 g/mol. The highest BCUT2D eigenvalue weighted by atomic mass is 16.1. The monoisotopic (exact) mass is 309 g/mol. The lowest BCUT2D eigenvalue weighted by Crippen LogP contribution is -2.30.